The average Bonchev–Trinajstić information content (AvgIpc) is 2.50. The van der Waals surface area contributed by atoms with Gasteiger partial charge in [-0.3, -0.25) is 9.69 Å². The summed E-state index contributed by atoms with van der Waals surface area (Å²) in [5.74, 6) is -0.193. The highest BCUT2D eigenvalue weighted by Crippen LogP contribution is 2.12. The molecule has 84 valence electrons. The molecule has 3 N–H and O–H groups in total. The number of nitrogens with zero attached hydrogens (tertiary/aromatic N) is 1. The van der Waals surface area contributed by atoms with Gasteiger partial charge in [0.1, 0.15) is 6.04 Å². The molecule has 0 aromatic heterocycles. The summed E-state index contributed by atoms with van der Waals surface area (Å²) in [5.41, 5.74) is 7.22. The molecule has 0 bridgehead atoms. The van der Waals surface area contributed by atoms with Gasteiger partial charge in [0, 0.05) is 19.2 Å². The van der Waals surface area contributed by atoms with Crippen LogP contribution in [0.5, 0.6) is 0 Å². The first-order valence-electron chi connectivity index (χ1n) is 5.00. The van der Waals surface area contributed by atoms with Crippen LogP contribution in [0.4, 0.5) is 10.5 Å². The van der Waals surface area contributed by atoms with Crippen LogP contribution in [0.25, 0.3) is 0 Å². The van der Waals surface area contributed by atoms with Gasteiger partial charge < -0.3 is 11.1 Å². The summed E-state index contributed by atoms with van der Waals surface area (Å²) in [5, 5.41) is 2.62. The van der Waals surface area contributed by atoms with E-state index in [1.54, 1.807) is 12.1 Å². The minimum atomic E-state index is -0.457. The van der Waals surface area contributed by atoms with Crippen LogP contribution < -0.4 is 11.1 Å². The second-order valence-electron chi connectivity index (χ2n) is 3.85. The van der Waals surface area contributed by atoms with Gasteiger partial charge in [0.05, 0.1) is 0 Å². The first kappa shape index (κ1) is 10.5. The molecular formula is C11H13N3O2. The fourth-order valence-corrected chi connectivity index (χ4v) is 1.67. The smallest absolute Gasteiger partial charge is 0.324 e. The summed E-state index contributed by atoms with van der Waals surface area (Å²) in [6.45, 7) is 0. The minimum Gasteiger partial charge on any atom is -0.399 e. The SMILES string of the molecule is CN1C(=O)NC(Cc2ccc(N)cc2)C1=O. The number of nitrogens with two attached hydrogens (primary N) is 1. The van der Waals surface area contributed by atoms with Gasteiger partial charge >= 0.3 is 6.03 Å². The molecule has 1 saturated heterocycles. The van der Waals surface area contributed by atoms with Crippen LogP contribution in [0.15, 0.2) is 24.3 Å². The second-order valence-corrected chi connectivity index (χ2v) is 3.85. The molecule has 2 rings (SSSR count). The Balaban J connectivity index is 2.09. The minimum absolute atomic E-state index is 0.193. The zero-order chi connectivity index (χ0) is 11.7. The van der Waals surface area contributed by atoms with E-state index in [9.17, 15) is 9.59 Å². The fourth-order valence-electron chi connectivity index (χ4n) is 1.67. The summed E-state index contributed by atoms with van der Waals surface area (Å²) in [6, 6.07) is 6.47. The van der Waals surface area contributed by atoms with E-state index in [4.69, 9.17) is 5.73 Å². The van der Waals surface area contributed by atoms with Gasteiger partial charge in [-0.2, -0.15) is 0 Å². The lowest BCUT2D eigenvalue weighted by Gasteiger charge is -2.08. The van der Waals surface area contributed by atoms with E-state index in [2.05, 4.69) is 5.32 Å². The zero-order valence-corrected chi connectivity index (χ0v) is 8.93. The highest BCUT2D eigenvalue weighted by molar-refractivity contribution is 6.03. The molecule has 1 fully saturated rings. The molecule has 1 aliphatic rings. The zero-order valence-electron chi connectivity index (χ0n) is 8.93. The van der Waals surface area contributed by atoms with Crippen LogP contribution in [0, 0.1) is 0 Å². The van der Waals surface area contributed by atoms with Crippen molar-refractivity contribution < 1.29 is 9.59 Å². The van der Waals surface area contributed by atoms with Crippen LogP contribution >= 0.6 is 0 Å². The molecule has 3 amide bonds. The number of hydrogen-bond acceptors (Lipinski definition) is 3. The Morgan fingerprint density at radius 2 is 1.94 bits per heavy atom. The molecule has 1 unspecified atom stereocenters. The molecule has 0 aliphatic carbocycles. The van der Waals surface area contributed by atoms with E-state index in [0.29, 0.717) is 12.1 Å². The standard InChI is InChI=1S/C11H13N3O2/c1-14-10(15)9(13-11(14)16)6-7-2-4-8(12)5-3-7/h2-5,9H,6,12H2,1H3,(H,13,16). The van der Waals surface area contributed by atoms with E-state index in [0.717, 1.165) is 10.5 Å². The van der Waals surface area contributed by atoms with E-state index >= 15 is 0 Å². The highest BCUT2D eigenvalue weighted by atomic mass is 16.2. The third kappa shape index (κ3) is 1.84. The predicted octanol–water partition coefficient (Wildman–Crippen LogP) is 0.361. The van der Waals surface area contributed by atoms with Gasteiger partial charge in [-0.15, -0.1) is 0 Å². The number of hydrogen-bond donors (Lipinski definition) is 2. The van der Waals surface area contributed by atoms with Gasteiger partial charge in [-0.05, 0) is 17.7 Å². The molecule has 1 aliphatic heterocycles. The fraction of sp³-hybridized carbons (Fsp3) is 0.273. The van der Waals surface area contributed by atoms with Crippen molar-refractivity contribution in [1.29, 1.82) is 0 Å². The number of amides is 3. The number of imide groups is 1. The van der Waals surface area contributed by atoms with Crippen molar-refractivity contribution in [2.45, 2.75) is 12.5 Å². The summed E-state index contributed by atoms with van der Waals surface area (Å²) >= 11 is 0. The van der Waals surface area contributed by atoms with Gasteiger partial charge in [-0.1, -0.05) is 12.1 Å². The van der Waals surface area contributed by atoms with Gasteiger partial charge in [0.2, 0.25) is 0 Å². The molecule has 1 atom stereocenters. The lowest BCUT2D eigenvalue weighted by Crippen LogP contribution is -2.31. The van der Waals surface area contributed by atoms with Gasteiger partial charge in [-0.25, -0.2) is 4.79 Å². The molecule has 0 spiro atoms. The third-order valence-electron chi connectivity index (χ3n) is 2.65. The van der Waals surface area contributed by atoms with Crippen molar-refractivity contribution in [1.82, 2.24) is 10.2 Å². The maximum Gasteiger partial charge on any atom is 0.324 e. The van der Waals surface area contributed by atoms with E-state index in [-0.39, 0.29) is 11.9 Å². The van der Waals surface area contributed by atoms with Gasteiger partial charge in [0.15, 0.2) is 0 Å². The van der Waals surface area contributed by atoms with Crippen molar-refractivity contribution in [2.24, 2.45) is 0 Å². The third-order valence-corrected chi connectivity index (χ3v) is 2.65. The first-order chi connectivity index (χ1) is 7.58. The topological polar surface area (TPSA) is 75.4 Å². The summed E-state index contributed by atoms with van der Waals surface area (Å²) in [6.07, 6.45) is 0.495. The molecule has 5 heteroatoms. The van der Waals surface area contributed by atoms with Crippen molar-refractivity contribution in [3.05, 3.63) is 29.8 Å². The Morgan fingerprint density at radius 1 is 1.31 bits per heavy atom. The molecule has 0 radical (unpaired) electrons. The van der Waals surface area contributed by atoms with Crippen LogP contribution in [-0.2, 0) is 11.2 Å². The second kappa shape index (κ2) is 3.84. The Bertz CT molecular complexity index is 427. The molecular weight excluding hydrogens is 206 g/mol. The van der Waals surface area contributed by atoms with Gasteiger partial charge in [0.25, 0.3) is 5.91 Å². The molecule has 1 aromatic rings. The normalized spacial score (nSPS) is 20.1. The van der Waals surface area contributed by atoms with Crippen LogP contribution in [0.3, 0.4) is 0 Å². The van der Waals surface area contributed by atoms with Crippen LogP contribution in [0.2, 0.25) is 0 Å². The van der Waals surface area contributed by atoms with E-state index in [1.165, 1.54) is 7.05 Å². The quantitative estimate of drug-likeness (QED) is 0.557. The highest BCUT2D eigenvalue weighted by Gasteiger charge is 2.34. The van der Waals surface area contributed by atoms with Crippen molar-refractivity contribution >= 4 is 17.6 Å². The summed E-state index contributed by atoms with van der Waals surface area (Å²) in [4.78, 5) is 23.9. The summed E-state index contributed by atoms with van der Waals surface area (Å²) in [7, 11) is 1.47. The van der Waals surface area contributed by atoms with Crippen LogP contribution in [-0.4, -0.2) is 29.9 Å². The monoisotopic (exact) mass is 219 g/mol. The lowest BCUT2D eigenvalue weighted by atomic mass is 10.1. The summed E-state index contributed by atoms with van der Waals surface area (Å²) < 4.78 is 0. The molecule has 1 heterocycles. The largest absolute Gasteiger partial charge is 0.399 e. The van der Waals surface area contributed by atoms with E-state index in [1.807, 2.05) is 12.1 Å². The van der Waals surface area contributed by atoms with Crippen molar-refractivity contribution in [3.63, 3.8) is 0 Å². The molecule has 1 aromatic carbocycles. The average molecular weight is 219 g/mol. The maximum atomic E-state index is 11.6. The first-order valence-corrected chi connectivity index (χ1v) is 5.00. The number of rotatable bonds is 2. The number of nitrogens with one attached hydrogen (secondary N) is 1. The molecule has 16 heavy (non-hydrogen) atoms. The number of likely N-dealkylation sites (N-methyl/N-ethyl adjacent to an activating group) is 1. The van der Waals surface area contributed by atoms with Crippen molar-refractivity contribution in [2.75, 3.05) is 12.8 Å². The number of carbonyl (C=O) groups is 2. The maximum absolute atomic E-state index is 11.6. The van der Waals surface area contributed by atoms with Crippen LogP contribution in [0.1, 0.15) is 5.56 Å². The predicted molar refractivity (Wildman–Crippen MR) is 59.6 cm³/mol. The molecule has 5 nitrogen and oxygen atoms in total. The van der Waals surface area contributed by atoms with Crippen molar-refractivity contribution in [3.8, 4) is 0 Å². The number of nitrogen functional groups attached to an aromatic ring is 1. The number of urea groups is 1. The number of benzene rings is 1. The molecule has 0 saturated carbocycles. The number of anilines is 1. The Hall–Kier alpha value is -2.04. The lowest BCUT2D eigenvalue weighted by molar-refractivity contribution is -0.126. The Morgan fingerprint density at radius 3 is 2.44 bits per heavy atom. The van der Waals surface area contributed by atoms with E-state index < -0.39 is 6.04 Å². The Labute approximate surface area is 93.2 Å². The Kier molecular flexibility index (Phi) is 2.52. The number of carbonyl (C=O) groups excluding carboxylic acids is 2.